The molecule has 0 aliphatic carbocycles. The van der Waals surface area contributed by atoms with Crippen molar-refractivity contribution in [3.63, 3.8) is 0 Å². The van der Waals surface area contributed by atoms with E-state index in [9.17, 15) is 25.0 Å². The van der Waals surface area contributed by atoms with Crippen molar-refractivity contribution in [1.82, 2.24) is 10.2 Å². The highest BCUT2D eigenvalue weighted by Crippen LogP contribution is 2.28. The zero-order chi connectivity index (χ0) is 16.0. The average Bonchev–Trinajstić information content (AvgIpc) is 2.42. The first-order chi connectivity index (χ1) is 9.82. The molecule has 0 spiro atoms. The highest BCUT2D eigenvalue weighted by atomic mass is 16.6. The number of rotatable bonds is 6. The van der Waals surface area contributed by atoms with Gasteiger partial charge in [0.2, 0.25) is 0 Å². The zero-order valence-corrected chi connectivity index (χ0v) is 11.5. The predicted molar refractivity (Wildman–Crippen MR) is 75.3 cm³/mol. The molecule has 1 aromatic rings. The van der Waals surface area contributed by atoms with Gasteiger partial charge < -0.3 is 15.5 Å². The van der Waals surface area contributed by atoms with Crippen LogP contribution in [0.15, 0.2) is 18.2 Å². The minimum atomic E-state index is -0.701. The Kier molecular flexibility index (Phi) is 5.40. The molecule has 2 amide bonds. The molecule has 21 heavy (non-hydrogen) atoms. The van der Waals surface area contributed by atoms with E-state index in [0.29, 0.717) is 0 Å². The van der Waals surface area contributed by atoms with Crippen LogP contribution in [-0.4, -0.2) is 48.0 Å². The Bertz CT molecular complexity index is 560. The molecule has 0 fully saturated rings. The van der Waals surface area contributed by atoms with Gasteiger partial charge in [-0.3, -0.25) is 20.2 Å². The fourth-order valence-electron chi connectivity index (χ4n) is 1.46. The second kappa shape index (κ2) is 7.03. The van der Waals surface area contributed by atoms with Crippen molar-refractivity contribution in [1.29, 1.82) is 0 Å². The van der Waals surface area contributed by atoms with Gasteiger partial charge in [0.15, 0.2) is 0 Å². The van der Waals surface area contributed by atoms with Gasteiger partial charge in [-0.2, -0.15) is 0 Å². The Morgan fingerprint density at radius 3 is 2.38 bits per heavy atom. The van der Waals surface area contributed by atoms with E-state index in [4.69, 9.17) is 0 Å². The molecular weight excluding hydrogens is 282 g/mol. The van der Waals surface area contributed by atoms with E-state index in [2.05, 4.69) is 10.6 Å². The number of nitro benzene ring substituents is 2. The monoisotopic (exact) mass is 297 g/mol. The number of non-ortho nitro benzene ring substituents is 1. The first kappa shape index (κ1) is 16.1. The Balaban J connectivity index is 2.68. The van der Waals surface area contributed by atoms with Crippen LogP contribution in [0.1, 0.15) is 0 Å². The summed E-state index contributed by atoms with van der Waals surface area (Å²) in [5.74, 6) is 0. The molecule has 2 N–H and O–H groups in total. The topological polar surface area (TPSA) is 131 Å². The van der Waals surface area contributed by atoms with Gasteiger partial charge in [-0.25, -0.2) is 4.79 Å². The van der Waals surface area contributed by atoms with Crippen LogP contribution in [0.4, 0.5) is 21.9 Å². The maximum absolute atomic E-state index is 11.3. The van der Waals surface area contributed by atoms with E-state index in [1.165, 1.54) is 17.0 Å². The molecule has 0 aliphatic rings. The Morgan fingerprint density at radius 2 is 1.86 bits per heavy atom. The molecule has 1 aromatic carbocycles. The van der Waals surface area contributed by atoms with Crippen molar-refractivity contribution in [3.05, 3.63) is 38.4 Å². The fraction of sp³-hybridized carbons (Fsp3) is 0.364. The molecule has 10 nitrogen and oxygen atoms in total. The quantitative estimate of drug-likeness (QED) is 0.460. The summed E-state index contributed by atoms with van der Waals surface area (Å²) >= 11 is 0. The molecule has 10 heteroatoms. The standard InChI is InChI=1S/C11H15N5O5/c1-14(2)11(17)13-6-5-12-9-4-3-8(15(18)19)7-10(9)16(20)21/h3-4,7,12H,5-6H2,1-2H3,(H,13,17). The summed E-state index contributed by atoms with van der Waals surface area (Å²) in [6.45, 7) is 0.503. The van der Waals surface area contributed by atoms with Gasteiger partial charge in [0, 0.05) is 33.3 Å². The van der Waals surface area contributed by atoms with Gasteiger partial charge in [-0.05, 0) is 6.07 Å². The van der Waals surface area contributed by atoms with Crippen LogP contribution in [0.3, 0.4) is 0 Å². The van der Waals surface area contributed by atoms with Crippen LogP contribution in [0.25, 0.3) is 0 Å². The summed E-state index contributed by atoms with van der Waals surface area (Å²) in [4.78, 5) is 32.7. The van der Waals surface area contributed by atoms with Gasteiger partial charge in [0.1, 0.15) is 5.69 Å². The van der Waals surface area contributed by atoms with Gasteiger partial charge in [-0.1, -0.05) is 0 Å². The second-order valence-electron chi connectivity index (χ2n) is 4.27. The Morgan fingerprint density at radius 1 is 1.19 bits per heavy atom. The number of carbonyl (C=O) groups is 1. The lowest BCUT2D eigenvalue weighted by molar-refractivity contribution is -0.393. The first-order valence-corrected chi connectivity index (χ1v) is 5.94. The SMILES string of the molecule is CN(C)C(=O)NCCNc1ccc([N+](=O)[O-])cc1[N+](=O)[O-]. The third-order valence-corrected chi connectivity index (χ3v) is 2.51. The molecule has 0 atom stereocenters. The fourth-order valence-corrected chi connectivity index (χ4v) is 1.46. The van der Waals surface area contributed by atoms with Crippen LogP contribution < -0.4 is 10.6 Å². The van der Waals surface area contributed by atoms with E-state index < -0.39 is 9.85 Å². The lowest BCUT2D eigenvalue weighted by Gasteiger charge is -2.12. The van der Waals surface area contributed by atoms with E-state index >= 15 is 0 Å². The van der Waals surface area contributed by atoms with E-state index in [1.54, 1.807) is 14.1 Å². The number of hydrogen-bond donors (Lipinski definition) is 2. The Hall–Kier alpha value is -2.91. The molecule has 0 unspecified atom stereocenters. The number of nitrogens with one attached hydrogen (secondary N) is 2. The number of nitro groups is 2. The summed E-state index contributed by atoms with van der Waals surface area (Å²) < 4.78 is 0. The van der Waals surface area contributed by atoms with E-state index in [0.717, 1.165) is 6.07 Å². The third-order valence-electron chi connectivity index (χ3n) is 2.51. The first-order valence-electron chi connectivity index (χ1n) is 5.94. The minimum Gasteiger partial charge on any atom is -0.378 e. The molecule has 0 saturated heterocycles. The number of anilines is 1. The minimum absolute atomic E-state index is 0.157. The van der Waals surface area contributed by atoms with Crippen molar-refractivity contribution in [2.24, 2.45) is 0 Å². The smallest absolute Gasteiger partial charge is 0.316 e. The molecule has 0 bridgehead atoms. The highest BCUT2D eigenvalue weighted by Gasteiger charge is 2.19. The van der Waals surface area contributed by atoms with Crippen LogP contribution in [0, 0.1) is 20.2 Å². The number of urea groups is 1. The predicted octanol–water partition coefficient (Wildman–Crippen LogP) is 1.19. The average molecular weight is 297 g/mol. The molecule has 1 rings (SSSR count). The van der Waals surface area contributed by atoms with Crippen molar-refractivity contribution in [2.45, 2.75) is 0 Å². The van der Waals surface area contributed by atoms with E-state index in [-0.39, 0.29) is 36.2 Å². The zero-order valence-electron chi connectivity index (χ0n) is 11.5. The van der Waals surface area contributed by atoms with Crippen molar-refractivity contribution >= 4 is 23.1 Å². The van der Waals surface area contributed by atoms with Crippen LogP contribution in [0.5, 0.6) is 0 Å². The lowest BCUT2D eigenvalue weighted by Crippen LogP contribution is -2.37. The molecule has 114 valence electrons. The van der Waals surface area contributed by atoms with Crippen molar-refractivity contribution in [3.8, 4) is 0 Å². The van der Waals surface area contributed by atoms with E-state index in [1.807, 2.05) is 0 Å². The largest absolute Gasteiger partial charge is 0.378 e. The normalized spacial score (nSPS) is 9.81. The summed E-state index contributed by atoms with van der Waals surface area (Å²) in [6.07, 6.45) is 0. The molecule has 0 aliphatic heterocycles. The maximum Gasteiger partial charge on any atom is 0.316 e. The second-order valence-corrected chi connectivity index (χ2v) is 4.27. The summed E-state index contributed by atoms with van der Waals surface area (Å²) in [5, 5.41) is 26.8. The van der Waals surface area contributed by atoms with Gasteiger partial charge in [-0.15, -0.1) is 0 Å². The maximum atomic E-state index is 11.3. The van der Waals surface area contributed by atoms with Crippen molar-refractivity contribution in [2.75, 3.05) is 32.5 Å². The summed E-state index contributed by atoms with van der Waals surface area (Å²) in [5.41, 5.74) is -0.582. The van der Waals surface area contributed by atoms with Gasteiger partial charge in [0.05, 0.1) is 15.9 Å². The highest BCUT2D eigenvalue weighted by molar-refractivity contribution is 5.73. The molecule has 0 radical (unpaired) electrons. The number of hydrogen-bond acceptors (Lipinski definition) is 6. The molecule has 0 heterocycles. The molecule has 0 aromatic heterocycles. The molecular formula is C11H15N5O5. The third kappa shape index (κ3) is 4.60. The number of carbonyl (C=O) groups excluding carboxylic acids is 1. The number of benzene rings is 1. The van der Waals surface area contributed by atoms with Crippen LogP contribution in [0.2, 0.25) is 0 Å². The summed E-state index contributed by atoms with van der Waals surface area (Å²) in [7, 11) is 3.17. The van der Waals surface area contributed by atoms with Gasteiger partial charge >= 0.3 is 6.03 Å². The number of nitrogens with zero attached hydrogens (tertiary/aromatic N) is 3. The van der Waals surface area contributed by atoms with Gasteiger partial charge in [0.25, 0.3) is 11.4 Å². The Labute approximate surface area is 120 Å². The molecule has 0 saturated carbocycles. The van der Waals surface area contributed by atoms with Crippen molar-refractivity contribution < 1.29 is 14.6 Å². The lowest BCUT2D eigenvalue weighted by atomic mass is 10.2. The number of amides is 2. The van der Waals surface area contributed by atoms with Crippen LogP contribution in [-0.2, 0) is 0 Å². The van der Waals surface area contributed by atoms with Crippen LogP contribution >= 0.6 is 0 Å². The summed E-state index contributed by atoms with van der Waals surface area (Å²) in [6, 6.07) is 3.05.